The Morgan fingerprint density at radius 2 is 1.15 bits per heavy atom. The maximum atomic E-state index is 12.5. The van der Waals surface area contributed by atoms with Crippen molar-refractivity contribution in [3.8, 4) is 11.1 Å². The van der Waals surface area contributed by atoms with Crippen molar-refractivity contribution >= 4 is 0 Å². The van der Waals surface area contributed by atoms with Crippen molar-refractivity contribution in [2.45, 2.75) is 38.8 Å². The lowest BCUT2D eigenvalue weighted by molar-refractivity contribution is -0.141. The molecule has 0 spiro atoms. The monoisotopic (exact) mass is 369 g/mol. The van der Waals surface area contributed by atoms with Crippen LogP contribution in [0.2, 0.25) is 0 Å². The number of hydrogen-bond acceptors (Lipinski definition) is 1. The van der Waals surface area contributed by atoms with Crippen LogP contribution >= 0.6 is 0 Å². The summed E-state index contributed by atoms with van der Waals surface area (Å²) in [5.41, 5.74) is 4.81. The number of alkyl halides is 3. The molecule has 0 fully saturated rings. The minimum atomic E-state index is -4.39. The molecule has 0 unspecified atom stereocenters. The number of aryl methyl sites for hydroxylation is 3. The van der Waals surface area contributed by atoms with Crippen molar-refractivity contribution in [3.05, 3.63) is 89.2 Å². The Morgan fingerprint density at radius 3 is 1.59 bits per heavy atom. The summed E-state index contributed by atoms with van der Waals surface area (Å²) in [6, 6.07) is 19.5. The van der Waals surface area contributed by atoms with Crippen LogP contribution < -0.4 is 0 Å². The van der Waals surface area contributed by atoms with E-state index in [0.29, 0.717) is 6.42 Å². The maximum Gasteiger partial charge on any atom is 0.433 e. The molecule has 0 saturated heterocycles. The molecule has 0 N–H and O–H groups in total. The van der Waals surface area contributed by atoms with Gasteiger partial charge in [0.15, 0.2) is 0 Å². The van der Waals surface area contributed by atoms with Gasteiger partial charge in [-0.25, -0.2) is 0 Å². The Morgan fingerprint density at radius 1 is 0.667 bits per heavy atom. The molecule has 140 valence electrons. The highest BCUT2D eigenvalue weighted by molar-refractivity contribution is 5.64. The second kappa shape index (κ2) is 8.38. The summed E-state index contributed by atoms with van der Waals surface area (Å²) in [6.45, 7) is 2.17. The van der Waals surface area contributed by atoms with E-state index < -0.39 is 11.9 Å². The number of benzene rings is 2. The van der Waals surface area contributed by atoms with Crippen molar-refractivity contribution in [1.82, 2.24) is 4.98 Å². The quantitative estimate of drug-likeness (QED) is 0.483. The van der Waals surface area contributed by atoms with Gasteiger partial charge in [-0.05, 0) is 53.1 Å². The molecule has 0 aliphatic rings. The average molecular weight is 369 g/mol. The van der Waals surface area contributed by atoms with Crippen molar-refractivity contribution in [1.29, 1.82) is 0 Å². The zero-order chi connectivity index (χ0) is 19.3. The number of aromatic nitrogens is 1. The van der Waals surface area contributed by atoms with E-state index in [9.17, 15) is 13.2 Å². The molecule has 2 aromatic carbocycles. The van der Waals surface area contributed by atoms with Crippen LogP contribution in [0.15, 0.2) is 66.9 Å². The third-order valence-corrected chi connectivity index (χ3v) is 4.60. The first kappa shape index (κ1) is 19.2. The molecule has 0 atom stereocenters. The van der Waals surface area contributed by atoms with E-state index in [0.717, 1.165) is 42.0 Å². The largest absolute Gasteiger partial charge is 0.433 e. The summed E-state index contributed by atoms with van der Waals surface area (Å²) < 4.78 is 37.6. The molecule has 0 saturated carbocycles. The predicted molar refractivity (Wildman–Crippen MR) is 103 cm³/mol. The fourth-order valence-corrected chi connectivity index (χ4v) is 3.05. The van der Waals surface area contributed by atoms with E-state index in [1.807, 2.05) is 0 Å². The molecule has 0 aliphatic carbocycles. The average Bonchev–Trinajstić information content (AvgIpc) is 2.67. The normalized spacial score (nSPS) is 11.6. The summed E-state index contributed by atoms with van der Waals surface area (Å²) in [4.78, 5) is 3.51. The first-order chi connectivity index (χ1) is 13.0. The molecule has 27 heavy (non-hydrogen) atoms. The van der Waals surface area contributed by atoms with E-state index in [-0.39, 0.29) is 0 Å². The standard InChI is InChI=1S/C23H22F3N/c1-2-3-17-6-11-20(12-7-17)21-13-8-18(9-14-21)4-5-19-10-15-22(27-16-19)23(24,25)26/h6-16H,2-5H2,1H3. The highest BCUT2D eigenvalue weighted by Crippen LogP contribution is 2.27. The number of halogens is 3. The van der Waals surface area contributed by atoms with Crippen LogP contribution in [0, 0.1) is 0 Å². The molecule has 3 rings (SSSR count). The Balaban J connectivity index is 1.60. The van der Waals surface area contributed by atoms with Crippen LogP contribution in [0.1, 0.15) is 35.7 Å². The van der Waals surface area contributed by atoms with Crippen molar-refractivity contribution in [2.24, 2.45) is 0 Å². The van der Waals surface area contributed by atoms with Crippen molar-refractivity contribution in [2.75, 3.05) is 0 Å². The molecule has 1 heterocycles. The summed E-state index contributed by atoms with van der Waals surface area (Å²) in [5.74, 6) is 0. The molecular weight excluding hydrogens is 347 g/mol. The summed E-state index contributed by atoms with van der Waals surface area (Å²) in [7, 11) is 0. The van der Waals surface area contributed by atoms with E-state index in [2.05, 4.69) is 60.4 Å². The number of pyridine rings is 1. The predicted octanol–water partition coefficient (Wildman–Crippen LogP) is 6.51. The van der Waals surface area contributed by atoms with Gasteiger partial charge in [0.2, 0.25) is 0 Å². The lowest BCUT2D eigenvalue weighted by Crippen LogP contribution is -2.07. The lowest BCUT2D eigenvalue weighted by atomic mass is 9.99. The number of nitrogens with zero attached hydrogens (tertiary/aromatic N) is 1. The van der Waals surface area contributed by atoms with Crippen LogP contribution in [-0.2, 0) is 25.4 Å². The van der Waals surface area contributed by atoms with E-state index >= 15 is 0 Å². The van der Waals surface area contributed by atoms with Gasteiger partial charge in [-0.15, -0.1) is 0 Å². The zero-order valence-electron chi connectivity index (χ0n) is 15.3. The van der Waals surface area contributed by atoms with Crippen molar-refractivity contribution in [3.63, 3.8) is 0 Å². The summed E-state index contributed by atoms with van der Waals surface area (Å²) in [5, 5.41) is 0. The smallest absolute Gasteiger partial charge is 0.252 e. The van der Waals surface area contributed by atoms with E-state index in [4.69, 9.17) is 0 Å². The van der Waals surface area contributed by atoms with Gasteiger partial charge in [-0.2, -0.15) is 13.2 Å². The van der Waals surface area contributed by atoms with Gasteiger partial charge in [-0.3, -0.25) is 4.98 Å². The van der Waals surface area contributed by atoms with Gasteiger partial charge < -0.3 is 0 Å². The fraction of sp³-hybridized carbons (Fsp3) is 0.261. The summed E-state index contributed by atoms with van der Waals surface area (Å²) >= 11 is 0. The van der Waals surface area contributed by atoms with Crippen LogP contribution in [-0.4, -0.2) is 4.98 Å². The number of rotatable bonds is 6. The zero-order valence-corrected chi connectivity index (χ0v) is 15.3. The molecular formula is C23H22F3N. The third kappa shape index (κ3) is 5.19. The van der Waals surface area contributed by atoms with Gasteiger partial charge in [0.25, 0.3) is 0 Å². The molecule has 4 heteroatoms. The van der Waals surface area contributed by atoms with Gasteiger partial charge in [0, 0.05) is 6.20 Å². The molecule has 0 aliphatic heterocycles. The molecule has 0 bridgehead atoms. The Labute approximate surface area is 157 Å². The summed E-state index contributed by atoms with van der Waals surface area (Å²) in [6.07, 6.45) is 0.595. The highest BCUT2D eigenvalue weighted by Gasteiger charge is 2.31. The van der Waals surface area contributed by atoms with Gasteiger partial charge >= 0.3 is 6.18 Å². The van der Waals surface area contributed by atoms with Gasteiger partial charge in [-0.1, -0.05) is 67.9 Å². The molecule has 0 radical (unpaired) electrons. The lowest BCUT2D eigenvalue weighted by Gasteiger charge is -2.08. The Kier molecular flexibility index (Phi) is 5.94. The minimum Gasteiger partial charge on any atom is -0.252 e. The molecule has 1 nitrogen and oxygen atoms in total. The second-order valence-corrected chi connectivity index (χ2v) is 6.69. The highest BCUT2D eigenvalue weighted by atomic mass is 19.4. The second-order valence-electron chi connectivity index (χ2n) is 6.69. The fourth-order valence-electron chi connectivity index (χ4n) is 3.05. The topological polar surface area (TPSA) is 12.9 Å². The first-order valence-corrected chi connectivity index (χ1v) is 9.16. The minimum absolute atomic E-state index is 0.663. The van der Waals surface area contributed by atoms with E-state index in [1.165, 1.54) is 23.4 Å². The van der Waals surface area contributed by atoms with E-state index in [1.54, 1.807) is 0 Å². The molecule has 0 amide bonds. The van der Waals surface area contributed by atoms with Crippen LogP contribution in [0.4, 0.5) is 13.2 Å². The number of hydrogen-bond donors (Lipinski definition) is 0. The van der Waals surface area contributed by atoms with Crippen LogP contribution in [0.5, 0.6) is 0 Å². The third-order valence-electron chi connectivity index (χ3n) is 4.60. The van der Waals surface area contributed by atoms with Gasteiger partial charge in [0.05, 0.1) is 0 Å². The maximum absolute atomic E-state index is 12.5. The molecule has 1 aromatic heterocycles. The SMILES string of the molecule is CCCc1ccc(-c2ccc(CCc3ccc(C(F)(F)F)nc3)cc2)cc1. The van der Waals surface area contributed by atoms with Crippen LogP contribution in [0.25, 0.3) is 11.1 Å². The first-order valence-electron chi connectivity index (χ1n) is 9.16. The van der Waals surface area contributed by atoms with Crippen molar-refractivity contribution < 1.29 is 13.2 Å². The Hall–Kier alpha value is -2.62. The Bertz CT molecular complexity index is 848. The van der Waals surface area contributed by atoms with Crippen LogP contribution in [0.3, 0.4) is 0 Å². The molecule has 3 aromatic rings. The van der Waals surface area contributed by atoms with Gasteiger partial charge in [0.1, 0.15) is 5.69 Å².